The standard InChI is InChI=1S/C10H18BrN3O2S/c1-4-10(5-2,7-11)14-17(15,16)9-6-12-8(3)13-9/h6,14H,4-5,7H2,1-3H3,(H,12,13). The van der Waals surface area contributed by atoms with Crippen molar-refractivity contribution in [1.82, 2.24) is 14.7 Å². The van der Waals surface area contributed by atoms with Gasteiger partial charge in [0.15, 0.2) is 5.03 Å². The van der Waals surface area contributed by atoms with E-state index in [0.717, 1.165) is 12.8 Å². The summed E-state index contributed by atoms with van der Waals surface area (Å²) in [4.78, 5) is 6.64. The van der Waals surface area contributed by atoms with Crippen LogP contribution in [-0.4, -0.2) is 29.3 Å². The third kappa shape index (κ3) is 3.29. The van der Waals surface area contributed by atoms with Crippen LogP contribution in [0.5, 0.6) is 0 Å². The van der Waals surface area contributed by atoms with Crippen LogP contribution in [0.1, 0.15) is 32.5 Å². The summed E-state index contributed by atoms with van der Waals surface area (Å²) >= 11 is 3.37. The fourth-order valence-electron chi connectivity index (χ4n) is 1.49. The Morgan fingerprint density at radius 2 is 2.06 bits per heavy atom. The molecule has 0 aromatic carbocycles. The fourth-order valence-corrected chi connectivity index (χ4v) is 4.12. The summed E-state index contributed by atoms with van der Waals surface area (Å²) in [5, 5.41) is 0.696. The van der Waals surface area contributed by atoms with Crippen LogP contribution in [0.15, 0.2) is 11.2 Å². The smallest absolute Gasteiger partial charge is 0.258 e. The molecule has 0 spiro atoms. The van der Waals surface area contributed by atoms with E-state index in [2.05, 4.69) is 30.6 Å². The molecule has 98 valence electrons. The first kappa shape index (κ1) is 14.7. The number of imidazole rings is 1. The summed E-state index contributed by atoms with van der Waals surface area (Å²) in [6, 6.07) is 0. The molecular formula is C10H18BrN3O2S. The Morgan fingerprint density at radius 1 is 1.47 bits per heavy atom. The van der Waals surface area contributed by atoms with E-state index >= 15 is 0 Å². The van der Waals surface area contributed by atoms with Gasteiger partial charge in [0.05, 0.1) is 6.20 Å². The SMILES string of the molecule is CCC(CC)(CBr)NS(=O)(=O)c1cnc(C)[nH]1. The van der Waals surface area contributed by atoms with Crippen molar-refractivity contribution in [2.24, 2.45) is 0 Å². The van der Waals surface area contributed by atoms with Crippen LogP contribution in [0.4, 0.5) is 0 Å². The highest BCUT2D eigenvalue weighted by atomic mass is 79.9. The van der Waals surface area contributed by atoms with Gasteiger partial charge in [-0.25, -0.2) is 18.1 Å². The average molecular weight is 324 g/mol. The molecule has 1 rings (SSSR count). The first-order chi connectivity index (χ1) is 7.89. The molecule has 0 saturated carbocycles. The Morgan fingerprint density at radius 3 is 2.41 bits per heavy atom. The van der Waals surface area contributed by atoms with Gasteiger partial charge in [0.25, 0.3) is 10.0 Å². The molecule has 5 nitrogen and oxygen atoms in total. The Bertz CT molecular complexity index is 457. The lowest BCUT2D eigenvalue weighted by Gasteiger charge is -2.29. The van der Waals surface area contributed by atoms with Crippen LogP contribution in [0.25, 0.3) is 0 Å². The molecule has 17 heavy (non-hydrogen) atoms. The summed E-state index contributed by atoms with van der Waals surface area (Å²) < 4.78 is 27.0. The van der Waals surface area contributed by atoms with Gasteiger partial charge < -0.3 is 4.98 Å². The number of halogens is 1. The van der Waals surface area contributed by atoms with Crippen molar-refractivity contribution in [1.29, 1.82) is 0 Å². The van der Waals surface area contributed by atoms with Crippen LogP contribution in [0, 0.1) is 6.92 Å². The zero-order valence-electron chi connectivity index (χ0n) is 10.2. The maximum atomic E-state index is 12.1. The maximum absolute atomic E-state index is 12.1. The van der Waals surface area contributed by atoms with E-state index in [1.165, 1.54) is 6.20 Å². The number of nitrogens with one attached hydrogen (secondary N) is 2. The fraction of sp³-hybridized carbons (Fsp3) is 0.700. The molecule has 0 aliphatic rings. The highest BCUT2D eigenvalue weighted by Crippen LogP contribution is 2.21. The molecule has 0 bridgehead atoms. The zero-order valence-corrected chi connectivity index (χ0v) is 12.7. The molecule has 2 N–H and O–H groups in total. The van der Waals surface area contributed by atoms with E-state index in [4.69, 9.17) is 0 Å². The summed E-state index contributed by atoms with van der Waals surface area (Å²) in [6.07, 6.45) is 2.78. The summed E-state index contributed by atoms with van der Waals surface area (Å²) in [5.41, 5.74) is -0.447. The lowest BCUT2D eigenvalue weighted by atomic mass is 9.97. The molecule has 0 saturated heterocycles. The van der Waals surface area contributed by atoms with Gasteiger partial charge in [-0.3, -0.25) is 0 Å². The predicted molar refractivity (Wildman–Crippen MR) is 70.8 cm³/mol. The lowest BCUT2D eigenvalue weighted by Crippen LogP contribution is -2.49. The van der Waals surface area contributed by atoms with E-state index in [1.54, 1.807) is 6.92 Å². The summed E-state index contributed by atoms with van der Waals surface area (Å²) in [7, 11) is -3.53. The summed E-state index contributed by atoms with van der Waals surface area (Å²) in [6.45, 7) is 5.65. The molecule has 0 atom stereocenters. The lowest BCUT2D eigenvalue weighted by molar-refractivity contribution is 0.398. The molecule has 0 aliphatic heterocycles. The second-order valence-electron chi connectivity index (χ2n) is 4.06. The van der Waals surface area contributed by atoms with Crippen LogP contribution >= 0.6 is 15.9 Å². The van der Waals surface area contributed by atoms with Gasteiger partial charge in [-0.1, -0.05) is 29.8 Å². The summed E-state index contributed by atoms with van der Waals surface area (Å²) in [5.74, 6) is 0.586. The van der Waals surface area contributed by atoms with Gasteiger partial charge in [-0.2, -0.15) is 0 Å². The molecule has 0 amide bonds. The number of hydrogen-bond donors (Lipinski definition) is 2. The molecule has 0 aliphatic carbocycles. The van der Waals surface area contributed by atoms with E-state index in [1.807, 2.05) is 13.8 Å². The van der Waals surface area contributed by atoms with Crippen LogP contribution < -0.4 is 4.72 Å². The van der Waals surface area contributed by atoms with Crippen molar-refractivity contribution in [2.75, 3.05) is 5.33 Å². The molecule has 0 radical (unpaired) electrons. The molecule has 1 aromatic rings. The highest BCUT2D eigenvalue weighted by molar-refractivity contribution is 9.09. The Kier molecular flexibility index (Phi) is 4.74. The largest absolute Gasteiger partial charge is 0.332 e. The van der Waals surface area contributed by atoms with Crippen molar-refractivity contribution >= 4 is 26.0 Å². The number of rotatable bonds is 6. The quantitative estimate of drug-likeness (QED) is 0.786. The number of aryl methyl sites for hydroxylation is 1. The van der Waals surface area contributed by atoms with Gasteiger partial charge in [-0.15, -0.1) is 0 Å². The first-order valence-electron chi connectivity index (χ1n) is 5.50. The number of hydrogen-bond acceptors (Lipinski definition) is 3. The molecule has 1 heterocycles. The number of nitrogens with zero attached hydrogens (tertiary/aromatic N) is 1. The molecule has 0 unspecified atom stereocenters. The van der Waals surface area contributed by atoms with Gasteiger partial charge >= 0.3 is 0 Å². The normalized spacial score (nSPS) is 12.9. The number of sulfonamides is 1. The van der Waals surface area contributed by atoms with E-state index in [9.17, 15) is 8.42 Å². The average Bonchev–Trinajstić information content (AvgIpc) is 2.74. The van der Waals surface area contributed by atoms with Gasteiger partial charge in [0, 0.05) is 10.9 Å². The Hall–Kier alpha value is -0.400. The topological polar surface area (TPSA) is 74.8 Å². The monoisotopic (exact) mass is 323 g/mol. The predicted octanol–water partition coefficient (Wildman–Crippen LogP) is 1.95. The second-order valence-corrected chi connectivity index (χ2v) is 6.27. The first-order valence-corrected chi connectivity index (χ1v) is 8.11. The van der Waals surface area contributed by atoms with E-state index in [-0.39, 0.29) is 5.03 Å². The highest BCUT2D eigenvalue weighted by Gasteiger charge is 2.31. The zero-order chi connectivity index (χ0) is 13.1. The maximum Gasteiger partial charge on any atom is 0.258 e. The molecule has 1 aromatic heterocycles. The van der Waals surface area contributed by atoms with Crippen molar-refractivity contribution < 1.29 is 8.42 Å². The number of aromatic nitrogens is 2. The minimum Gasteiger partial charge on any atom is -0.332 e. The van der Waals surface area contributed by atoms with Crippen molar-refractivity contribution in [3.8, 4) is 0 Å². The number of H-pyrrole nitrogens is 1. The number of alkyl halides is 1. The minimum atomic E-state index is -3.53. The Balaban J connectivity index is 3.00. The Labute approximate surface area is 111 Å². The number of aromatic amines is 1. The van der Waals surface area contributed by atoms with Crippen LogP contribution in [0.3, 0.4) is 0 Å². The van der Waals surface area contributed by atoms with Crippen LogP contribution in [-0.2, 0) is 10.0 Å². The van der Waals surface area contributed by atoms with Gasteiger partial charge in [-0.05, 0) is 19.8 Å². The third-order valence-corrected chi connectivity index (χ3v) is 5.49. The van der Waals surface area contributed by atoms with Crippen molar-refractivity contribution in [3.63, 3.8) is 0 Å². The minimum absolute atomic E-state index is 0.113. The molecule has 0 fully saturated rings. The molecule has 7 heteroatoms. The third-order valence-electron chi connectivity index (χ3n) is 2.93. The molecular weight excluding hydrogens is 306 g/mol. The van der Waals surface area contributed by atoms with Crippen LogP contribution in [0.2, 0.25) is 0 Å². The van der Waals surface area contributed by atoms with Gasteiger partial charge in [0.1, 0.15) is 5.82 Å². The van der Waals surface area contributed by atoms with Gasteiger partial charge in [0.2, 0.25) is 0 Å². The second kappa shape index (κ2) is 5.49. The van der Waals surface area contributed by atoms with E-state index < -0.39 is 15.6 Å². The van der Waals surface area contributed by atoms with Crippen molar-refractivity contribution in [3.05, 3.63) is 12.0 Å². The van der Waals surface area contributed by atoms with E-state index in [0.29, 0.717) is 11.2 Å². The van der Waals surface area contributed by atoms with Crippen molar-refractivity contribution in [2.45, 2.75) is 44.2 Å².